The number of amides is 1. The topological polar surface area (TPSA) is 84.1 Å². The SMILES string of the molecule is CCOc1ccc(NC(=O)C(C)Sc2nccc(=O)[nH]2)cc1. The number of hydrogen-bond acceptors (Lipinski definition) is 5. The van der Waals surface area contributed by atoms with E-state index in [-0.39, 0.29) is 11.5 Å². The van der Waals surface area contributed by atoms with E-state index in [1.54, 1.807) is 31.2 Å². The molecule has 0 spiro atoms. The van der Waals surface area contributed by atoms with Crippen molar-refractivity contribution in [2.24, 2.45) is 0 Å². The van der Waals surface area contributed by atoms with Gasteiger partial charge in [-0.25, -0.2) is 4.98 Å². The molecule has 0 aliphatic carbocycles. The summed E-state index contributed by atoms with van der Waals surface area (Å²) in [5, 5.41) is 2.84. The predicted molar refractivity (Wildman–Crippen MR) is 86.4 cm³/mol. The van der Waals surface area contributed by atoms with Gasteiger partial charge in [0.1, 0.15) is 5.75 Å². The number of rotatable bonds is 6. The number of nitrogens with zero attached hydrogens (tertiary/aromatic N) is 1. The first-order valence-electron chi connectivity index (χ1n) is 6.84. The summed E-state index contributed by atoms with van der Waals surface area (Å²) in [6.45, 7) is 4.26. The Balaban J connectivity index is 1.94. The highest BCUT2D eigenvalue weighted by Gasteiger charge is 2.15. The summed E-state index contributed by atoms with van der Waals surface area (Å²) in [5.41, 5.74) is 0.451. The van der Waals surface area contributed by atoms with Gasteiger partial charge in [0.15, 0.2) is 5.16 Å². The van der Waals surface area contributed by atoms with E-state index < -0.39 is 5.25 Å². The fourth-order valence-corrected chi connectivity index (χ4v) is 2.46. The van der Waals surface area contributed by atoms with E-state index in [4.69, 9.17) is 4.74 Å². The standard InChI is InChI=1S/C15H17N3O3S/c1-3-21-12-6-4-11(5-7-12)17-14(20)10(2)22-15-16-9-8-13(19)18-15/h4-10H,3H2,1-2H3,(H,17,20)(H,16,18,19). The van der Waals surface area contributed by atoms with Crippen molar-refractivity contribution in [3.8, 4) is 5.75 Å². The van der Waals surface area contributed by atoms with Crippen molar-refractivity contribution in [3.05, 3.63) is 46.9 Å². The van der Waals surface area contributed by atoms with E-state index in [0.717, 1.165) is 5.75 Å². The summed E-state index contributed by atoms with van der Waals surface area (Å²) in [6.07, 6.45) is 1.41. The van der Waals surface area contributed by atoms with E-state index in [9.17, 15) is 9.59 Å². The monoisotopic (exact) mass is 319 g/mol. The molecule has 2 N–H and O–H groups in total. The van der Waals surface area contributed by atoms with Crippen LogP contribution in [0.1, 0.15) is 13.8 Å². The van der Waals surface area contributed by atoms with E-state index in [2.05, 4.69) is 15.3 Å². The van der Waals surface area contributed by atoms with Crippen LogP contribution in [0.4, 0.5) is 5.69 Å². The van der Waals surface area contributed by atoms with E-state index >= 15 is 0 Å². The number of ether oxygens (including phenoxy) is 1. The Bertz CT molecular complexity index is 685. The minimum Gasteiger partial charge on any atom is -0.494 e. The van der Waals surface area contributed by atoms with Crippen LogP contribution in [0.2, 0.25) is 0 Å². The van der Waals surface area contributed by atoms with Crippen LogP contribution in [-0.4, -0.2) is 27.7 Å². The van der Waals surface area contributed by atoms with Gasteiger partial charge in [-0.3, -0.25) is 9.59 Å². The number of aromatic amines is 1. The van der Waals surface area contributed by atoms with Crippen molar-refractivity contribution < 1.29 is 9.53 Å². The van der Waals surface area contributed by atoms with Crippen LogP contribution >= 0.6 is 11.8 Å². The molecule has 2 rings (SSSR count). The molecule has 0 aliphatic heterocycles. The van der Waals surface area contributed by atoms with E-state index in [0.29, 0.717) is 17.5 Å². The van der Waals surface area contributed by atoms with Crippen molar-refractivity contribution in [1.29, 1.82) is 0 Å². The average molecular weight is 319 g/mol. The lowest BCUT2D eigenvalue weighted by atomic mass is 10.3. The second-order valence-electron chi connectivity index (χ2n) is 4.45. The quantitative estimate of drug-likeness (QED) is 0.630. The molecule has 1 heterocycles. The number of hydrogen-bond donors (Lipinski definition) is 2. The number of aromatic nitrogens is 2. The average Bonchev–Trinajstić information content (AvgIpc) is 2.49. The van der Waals surface area contributed by atoms with Crippen molar-refractivity contribution in [3.63, 3.8) is 0 Å². The largest absolute Gasteiger partial charge is 0.494 e. The lowest BCUT2D eigenvalue weighted by Crippen LogP contribution is -2.23. The molecule has 0 aliphatic rings. The molecule has 0 radical (unpaired) electrons. The van der Waals surface area contributed by atoms with Crippen LogP contribution < -0.4 is 15.6 Å². The molecular formula is C15H17N3O3S. The van der Waals surface area contributed by atoms with Crippen LogP contribution in [0.25, 0.3) is 0 Å². The molecule has 22 heavy (non-hydrogen) atoms. The molecule has 1 atom stereocenters. The summed E-state index contributed by atoms with van der Waals surface area (Å²) in [4.78, 5) is 29.9. The van der Waals surface area contributed by atoms with E-state index in [1.807, 2.05) is 6.92 Å². The minimum absolute atomic E-state index is 0.166. The summed E-state index contributed by atoms with van der Waals surface area (Å²) in [6, 6.07) is 8.49. The number of H-pyrrole nitrogens is 1. The Hall–Kier alpha value is -2.28. The number of nitrogens with one attached hydrogen (secondary N) is 2. The highest BCUT2D eigenvalue weighted by molar-refractivity contribution is 8.00. The van der Waals surface area contributed by atoms with Crippen LogP contribution in [-0.2, 0) is 4.79 Å². The van der Waals surface area contributed by atoms with Gasteiger partial charge in [-0.15, -0.1) is 0 Å². The first-order valence-corrected chi connectivity index (χ1v) is 7.72. The van der Waals surface area contributed by atoms with Gasteiger partial charge in [-0.2, -0.15) is 0 Å². The zero-order valence-electron chi connectivity index (χ0n) is 12.3. The van der Waals surface area contributed by atoms with Gasteiger partial charge in [-0.1, -0.05) is 11.8 Å². The van der Waals surface area contributed by atoms with Crippen LogP contribution in [0.3, 0.4) is 0 Å². The third-order valence-corrected chi connectivity index (χ3v) is 3.74. The molecule has 0 saturated heterocycles. The Kier molecular flexibility index (Phi) is 5.60. The number of benzene rings is 1. The maximum atomic E-state index is 12.1. The molecule has 0 saturated carbocycles. The van der Waals surface area contributed by atoms with Gasteiger partial charge in [0.05, 0.1) is 11.9 Å². The lowest BCUT2D eigenvalue weighted by Gasteiger charge is -2.11. The van der Waals surface area contributed by atoms with E-state index in [1.165, 1.54) is 24.0 Å². The first-order chi connectivity index (χ1) is 10.6. The summed E-state index contributed by atoms with van der Waals surface area (Å²) >= 11 is 1.19. The zero-order chi connectivity index (χ0) is 15.9. The zero-order valence-corrected chi connectivity index (χ0v) is 13.1. The molecule has 7 heteroatoms. The van der Waals surface area contributed by atoms with Gasteiger partial charge in [0.2, 0.25) is 5.91 Å². The van der Waals surface area contributed by atoms with Crippen molar-refractivity contribution >= 4 is 23.4 Å². The summed E-state index contributed by atoms with van der Waals surface area (Å²) in [7, 11) is 0. The number of carbonyl (C=O) groups is 1. The fourth-order valence-electron chi connectivity index (χ4n) is 1.68. The molecule has 0 fully saturated rings. The maximum Gasteiger partial charge on any atom is 0.251 e. The Morgan fingerprint density at radius 2 is 2.09 bits per heavy atom. The molecule has 1 aromatic heterocycles. The Morgan fingerprint density at radius 3 is 2.73 bits per heavy atom. The third kappa shape index (κ3) is 4.63. The normalized spacial score (nSPS) is 11.7. The highest BCUT2D eigenvalue weighted by Crippen LogP contribution is 2.20. The van der Waals surface area contributed by atoms with Gasteiger partial charge < -0.3 is 15.0 Å². The van der Waals surface area contributed by atoms with Gasteiger partial charge in [0.25, 0.3) is 5.56 Å². The first kappa shape index (κ1) is 16.1. The Labute approximate surface area is 132 Å². The smallest absolute Gasteiger partial charge is 0.251 e. The number of anilines is 1. The minimum atomic E-state index is -0.392. The van der Waals surface area contributed by atoms with Crippen LogP contribution in [0.5, 0.6) is 5.75 Å². The fraction of sp³-hybridized carbons (Fsp3) is 0.267. The molecule has 0 bridgehead atoms. The Morgan fingerprint density at radius 1 is 1.36 bits per heavy atom. The summed E-state index contributed by atoms with van der Waals surface area (Å²) < 4.78 is 5.34. The molecule has 2 aromatic rings. The summed E-state index contributed by atoms with van der Waals surface area (Å²) in [5.74, 6) is 0.592. The predicted octanol–water partition coefficient (Wildman–Crippen LogP) is 2.29. The number of thioether (sulfide) groups is 1. The highest BCUT2D eigenvalue weighted by atomic mass is 32.2. The maximum absolute atomic E-state index is 12.1. The molecule has 1 amide bonds. The van der Waals surface area contributed by atoms with Gasteiger partial charge in [-0.05, 0) is 38.1 Å². The molecule has 6 nitrogen and oxygen atoms in total. The van der Waals surface area contributed by atoms with Gasteiger partial charge >= 0.3 is 0 Å². The number of carbonyl (C=O) groups excluding carboxylic acids is 1. The second-order valence-corrected chi connectivity index (χ2v) is 5.78. The van der Waals surface area contributed by atoms with Gasteiger partial charge in [0, 0.05) is 18.0 Å². The van der Waals surface area contributed by atoms with Crippen molar-refractivity contribution in [2.45, 2.75) is 24.3 Å². The van der Waals surface area contributed by atoms with Crippen LogP contribution in [0, 0.1) is 0 Å². The molecule has 1 aromatic carbocycles. The molecular weight excluding hydrogens is 302 g/mol. The van der Waals surface area contributed by atoms with Crippen molar-refractivity contribution in [2.75, 3.05) is 11.9 Å². The van der Waals surface area contributed by atoms with Crippen molar-refractivity contribution in [1.82, 2.24) is 9.97 Å². The lowest BCUT2D eigenvalue weighted by molar-refractivity contribution is -0.115. The second kappa shape index (κ2) is 7.65. The molecule has 1 unspecified atom stereocenters. The van der Waals surface area contributed by atoms with Crippen LogP contribution in [0.15, 0.2) is 46.5 Å². The molecule has 116 valence electrons. The third-order valence-electron chi connectivity index (χ3n) is 2.74.